The van der Waals surface area contributed by atoms with Gasteiger partial charge >= 0.3 is 0 Å². The highest BCUT2D eigenvalue weighted by Gasteiger charge is 2.23. The van der Waals surface area contributed by atoms with Gasteiger partial charge in [-0.05, 0) is 37.1 Å². The minimum Gasteiger partial charge on any atom is -0.366 e. The molecule has 2 atom stereocenters. The van der Waals surface area contributed by atoms with Crippen molar-refractivity contribution in [2.24, 2.45) is 5.92 Å². The van der Waals surface area contributed by atoms with E-state index < -0.39 is 0 Å². The summed E-state index contributed by atoms with van der Waals surface area (Å²) in [6, 6.07) is 11.2. The van der Waals surface area contributed by atoms with Gasteiger partial charge in [0.05, 0.1) is 18.5 Å². The molecule has 1 aliphatic rings. The smallest absolute Gasteiger partial charge is 0.0643 e. The molecule has 3 nitrogen and oxygen atoms in total. The van der Waals surface area contributed by atoms with E-state index in [1.54, 1.807) is 0 Å². The van der Waals surface area contributed by atoms with Crippen LogP contribution in [0.1, 0.15) is 18.9 Å². The first-order chi connectivity index (χ1) is 8.70. The first-order valence-electron chi connectivity index (χ1n) is 6.61. The van der Waals surface area contributed by atoms with E-state index in [1.807, 2.05) is 0 Å². The molecule has 96 valence electrons. The summed E-state index contributed by atoms with van der Waals surface area (Å²) >= 11 is 0. The number of nitrogens with one attached hydrogen (secondary N) is 1. The van der Waals surface area contributed by atoms with E-state index in [0.717, 1.165) is 19.6 Å². The van der Waals surface area contributed by atoms with Gasteiger partial charge in [0.2, 0.25) is 0 Å². The van der Waals surface area contributed by atoms with Gasteiger partial charge in [0, 0.05) is 18.8 Å². The van der Waals surface area contributed by atoms with Crippen molar-refractivity contribution in [2.45, 2.75) is 26.3 Å². The van der Waals surface area contributed by atoms with Gasteiger partial charge in [0.1, 0.15) is 0 Å². The number of aryl methyl sites for hydroxylation is 1. The fourth-order valence-corrected chi connectivity index (χ4v) is 2.57. The molecular weight excluding hydrogens is 222 g/mol. The van der Waals surface area contributed by atoms with Crippen molar-refractivity contribution in [3.8, 4) is 6.07 Å². The van der Waals surface area contributed by atoms with E-state index in [-0.39, 0.29) is 6.04 Å². The van der Waals surface area contributed by atoms with Crippen LogP contribution >= 0.6 is 0 Å². The molecule has 18 heavy (non-hydrogen) atoms. The molecule has 2 unspecified atom stereocenters. The normalized spacial score (nSPS) is 24.4. The van der Waals surface area contributed by atoms with Crippen molar-refractivity contribution in [1.29, 1.82) is 5.26 Å². The lowest BCUT2D eigenvalue weighted by Crippen LogP contribution is -2.40. The monoisotopic (exact) mass is 243 g/mol. The maximum Gasteiger partial charge on any atom is 0.0643 e. The molecule has 2 rings (SSSR count). The van der Waals surface area contributed by atoms with Crippen LogP contribution in [0.5, 0.6) is 0 Å². The van der Waals surface area contributed by atoms with Crippen molar-refractivity contribution >= 4 is 5.69 Å². The lowest BCUT2D eigenvalue weighted by atomic mass is 10.1. The molecule has 0 saturated carbocycles. The fourth-order valence-electron chi connectivity index (χ4n) is 2.57. The average Bonchev–Trinajstić information content (AvgIpc) is 2.52. The predicted octanol–water partition coefficient (Wildman–Crippen LogP) is 2.32. The van der Waals surface area contributed by atoms with Crippen LogP contribution in [0.2, 0.25) is 0 Å². The third-order valence-corrected chi connectivity index (χ3v) is 3.48. The Morgan fingerprint density at radius 3 is 3.00 bits per heavy atom. The van der Waals surface area contributed by atoms with Crippen molar-refractivity contribution in [1.82, 2.24) is 5.32 Å². The third kappa shape index (κ3) is 3.02. The zero-order valence-corrected chi connectivity index (χ0v) is 11.2. The molecule has 3 heteroatoms. The molecule has 1 N–H and O–H groups in total. The summed E-state index contributed by atoms with van der Waals surface area (Å²) in [5.41, 5.74) is 2.51. The Morgan fingerprint density at radius 1 is 1.44 bits per heavy atom. The average molecular weight is 243 g/mol. The maximum atomic E-state index is 8.99. The van der Waals surface area contributed by atoms with Crippen molar-refractivity contribution in [3.63, 3.8) is 0 Å². The van der Waals surface area contributed by atoms with Crippen LogP contribution in [0.4, 0.5) is 5.69 Å². The van der Waals surface area contributed by atoms with Crippen LogP contribution in [0.3, 0.4) is 0 Å². The van der Waals surface area contributed by atoms with E-state index in [2.05, 4.69) is 54.4 Å². The van der Waals surface area contributed by atoms with Gasteiger partial charge in [0.15, 0.2) is 0 Å². The predicted molar refractivity (Wildman–Crippen MR) is 74.6 cm³/mol. The number of anilines is 1. The van der Waals surface area contributed by atoms with Gasteiger partial charge in [-0.3, -0.25) is 0 Å². The van der Waals surface area contributed by atoms with E-state index >= 15 is 0 Å². The molecule has 1 aromatic rings. The number of hydrogen-bond donors (Lipinski definition) is 1. The van der Waals surface area contributed by atoms with Crippen LogP contribution in [-0.4, -0.2) is 25.7 Å². The highest BCUT2D eigenvalue weighted by atomic mass is 15.2. The number of nitrogens with zero attached hydrogens (tertiary/aromatic N) is 2. The lowest BCUT2D eigenvalue weighted by Gasteiger charge is -2.31. The number of rotatable bonds is 2. The molecule has 0 aliphatic carbocycles. The molecule has 1 aromatic carbocycles. The lowest BCUT2D eigenvalue weighted by molar-refractivity contribution is 0.563. The standard InChI is InChI=1S/C15H21N3/c1-12-4-3-5-14(8-12)18-11-13(2)9-17-10-15(18)6-7-16/h3-5,8,13,15,17H,6,9-11H2,1-2H3. The molecule has 0 amide bonds. The second kappa shape index (κ2) is 5.88. The molecular formula is C15H21N3. The number of benzene rings is 1. The SMILES string of the molecule is Cc1cccc(N2CC(C)CNCC2CC#N)c1. The first kappa shape index (κ1) is 12.9. The number of nitriles is 1. The molecule has 1 fully saturated rings. The van der Waals surface area contributed by atoms with Gasteiger partial charge in [-0.1, -0.05) is 19.1 Å². The summed E-state index contributed by atoms with van der Waals surface area (Å²) in [6.07, 6.45) is 0.577. The van der Waals surface area contributed by atoms with E-state index in [1.165, 1.54) is 11.3 Å². The Labute approximate surface area is 109 Å². The van der Waals surface area contributed by atoms with E-state index in [0.29, 0.717) is 12.3 Å². The summed E-state index contributed by atoms with van der Waals surface area (Å²) in [6.45, 7) is 7.31. The molecule has 0 aromatic heterocycles. The van der Waals surface area contributed by atoms with Crippen LogP contribution in [0.25, 0.3) is 0 Å². The van der Waals surface area contributed by atoms with E-state index in [9.17, 15) is 0 Å². The second-order valence-electron chi connectivity index (χ2n) is 5.27. The van der Waals surface area contributed by atoms with Crippen LogP contribution in [-0.2, 0) is 0 Å². The van der Waals surface area contributed by atoms with Crippen LogP contribution in [0, 0.1) is 24.2 Å². The second-order valence-corrected chi connectivity index (χ2v) is 5.27. The van der Waals surface area contributed by atoms with Crippen molar-refractivity contribution in [2.75, 3.05) is 24.5 Å². The third-order valence-electron chi connectivity index (χ3n) is 3.48. The number of hydrogen-bond acceptors (Lipinski definition) is 3. The van der Waals surface area contributed by atoms with Crippen molar-refractivity contribution < 1.29 is 0 Å². The minimum absolute atomic E-state index is 0.279. The Hall–Kier alpha value is -1.53. The topological polar surface area (TPSA) is 39.1 Å². The summed E-state index contributed by atoms with van der Waals surface area (Å²) in [4.78, 5) is 2.39. The van der Waals surface area contributed by atoms with Crippen LogP contribution in [0.15, 0.2) is 24.3 Å². The molecule has 1 aliphatic heterocycles. The maximum absolute atomic E-state index is 8.99. The zero-order chi connectivity index (χ0) is 13.0. The molecule has 0 bridgehead atoms. The van der Waals surface area contributed by atoms with Crippen LogP contribution < -0.4 is 10.2 Å². The van der Waals surface area contributed by atoms with Gasteiger partial charge in [-0.15, -0.1) is 0 Å². The fraction of sp³-hybridized carbons (Fsp3) is 0.533. The van der Waals surface area contributed by atoms with E-state index in [4.69, 9.17) is 5.26 Å². The van der Waals surface area contributed by atoms with Crippen molar-refractivity contribution in [3.05, 3.63) is 29.8 Å². The molecule has 0 spiro atoms. The molecule has 1 heterocycles. The van der Waals surface area contributed by atoms with Gasteiger partial charge in [-0.2, -0.15) is 5.26 Å². The largest absolute Gasteiger partial charge is 0.366 e. The van der Waals surface area contributed by atoms with Gasteiger partial charge in [0.25, 0.3) is 0 Å². The zero-order valence-electron chi connectivity index (χ0n) is 11.2. The Kier molecular flexibility index (Phi) is 4.22. The molecule has 1 saturated heterocycles. The quantitative estimate of drug-likeness (QED) is 0.866. The van der Waals surface area contributed by atoms with Gasteiger partial charge < -0.3 is 10.2 Å². The highest BCUT2D eigenvalue weighted by Crippen LogP contribution is 2.22. The Balaban J connectivity index is 2.26. The minimum atomic E-state index is 0.279. The first-order valence-corrected chi connectivity index (χ1v) is 6.61. The van der Waals surface area contributed by atoms with Gasteiger partial charge in [-0.25, -0.2) is 0 Å². The molecule has 0 radical (unpaired) electrons. The Bertz CT molecular complexity index is 436. The summed E-state index contributed by atoms with van der Waals surface area (Å²) in [5.74, 6) is 0.606. The Morgan fingerprint density at radius 2 is 2.28 bits per heavy atom. The summed E-state index contributed by atoms with van der Waals surface area (Å²) in [7, 11) is 0. The highest BCUT2D eigenvalue weighted by molar-refractivity contribution is 5.50. The summed E-state index contributed by atoms with van der Waals surface area (Å²) in [5, 5.41) is 12.4. The summed E-state index contributed by atoms with van der Waals surface area (Å²) < 4.78 is 0.